The predicted octanol–water partition coefficient (Wildman–Crippen LogP) is 11.9. The Morgan fingerprint density at radius 3 is 1.38 bits per heavy atom. The van der Waals surface area contributed by atoms with E-state index in [-0.39, 0.29) is 0 Å². The van der Waals surface area contributed by atoms with Crippen molar-refractivity contribution < 1.29 is 0 Å². The van der Waals surface area contributed by atoms with Crippen molar-refractivity contribution in [3.63, 3.8) is 0 Å². The highest BCUT2D eigenvalue weighted by Crippen LogP contribution is 2.52. The highest BCUT2D eigenvalue weighted by molar-refractivity contribution is 6.30. The van der Waals surface area contributed by atoms with E-state index in [1.807, 2.05) is 0 Å². The third kappa shape index (κ3) is 2.86. The molecule has 0 spiro atoms. The SMILES string of the molecule is c1ccc2cc3c(cc2c1)-c1cccc2c1c-3cc1c3ccccc3c(-c3cc4ccccc4c4ccccc34)cc21. The first kappa shape index (κ1) is 22.3. The van der Waals surface area contributed by atoms with Crippen molar-refractivity contribution in [1.29, 1.82) is 0 Å². The van der Waals surface area contributed by atoms with Crippen molar-refractivity contribution in [2.75, 3.05) is 0 Å². The standard InChI is InChI=1S/C42H24/c1-2-11-26-21-37-36(20-25(26)10-1)33-18-9-19-34-40-23-38(31-16-7-8-17-32(31)39(40)24-41(37)42(33)34)35-22-27-12-3-4-13-28(27)29-14-5-6-15-30(29)35/h1-24H. The summed E-state index contributed by atoms with van der Waals surface area (Å²) in [5.41, 5.74) is 7.96. The Labute approximate surface area is 243 Å². The molecule has 0 bridgehead atoms. The molecule has 0 radical (unpaired) electrons. The van der Waals surface area contributed by atoms with Gasteiger partial charge in [-0.25, -0.2) is 0 Å². The molecule has 0 unspecified atom stereocenters. The average Bonchev–Trinajstić information content (AvgIpc) is 3.36. The fraction of sp³-hybridized carbons (Fsp3) is 0. The minimum Gasteiger partial charge on any atom is -0.0616 e. The lowest BCUT2D eigenvalue weighted by Gasteiger charge is -2.17. The van der Waals surface area contributed by atoms with Crippen molar-refractivity contribution in [3.8, 4) is 33.4 Å². The summed E-state index contributed by atoms with van der Waals surface area (Å²) in [6, 6.07) is 54.3. The molecule has 0 heteroatoms. The van der Waals surface area contributed by atoms with Gasteiger partial charge in [-0.2, -0.15) is 0 Å². The van der Waals surface area contributed by atoms with Gasteiger partial charge < -0.3 is 0 Å². The molecule has 0 saturated heterocycles. The van der Waals surface area contributed by atoms with Gasteiger partial charge in [0.05, 0.1) is 0 Å². The van der Waals surface area contributed by atoms with Gasteiger partial charge in [0.25, 0.3) is 0 Å². The molecule has 0 nitrogen and oxygen atoms in total. The Morgan fingerprint density at radius 2 is 0.667 bits per heavy atom. The van der Waals surface area contributed by atoms with Gasteiger partial charge in [-0.05, 0) is 128 Å². The molecule has 10 rings (SSSR count). The highest BCUT2D eigenvalue weighted by atomic mass is 14.3. The van der Waals surface area contributed by atoms with Gasteiger partial charge in [0.2, 0.25) is 0 Å². The molecule has 1 aliphatic rings. The largest absolute Gasteiger partial charge is 0.0616 e. The van der Waals surface area contributed by atoms with Crippen LogP contribution >= 0.6 is 0 Å². The topological polar surface area (TPSA) is 0 Å². The van der Waals surface area contributed by atoms with E-state index in [0.29, 0.717) is 0 Å². The van der Waals surface area contributed by atoms with Crippen molar-refractivity contribution in [2.45, 2.75) is 0 Å². The molecule has 0 N–H and O–H groups in total. The summed E-state index contributed by atoms with van der Waals surface area (Å²) in [6.45, 7) is 0. The van der Waals surface area contributed by atoms with E-state index in [1.165, 1.54) is 98.0 Å². The van der Waals surface area contributed by atoms with Gasteiger partial charge in [-0.15, -0.1) is 0 Å². The quantitative estimate of drug-likeness (QED) is 0.186. The van der Waals surface area contributed by atoms with E-state index in [9.17, 15) is 0 Å². The molecule has 9 aromatic carbocycles. The van der Waals surface area contributed by atoms with Crippen LogP contribution in [0.1, 0.15) is 0 Å². The lowest BCUT2D eigenvalue weighted by atomic mass is 9.86. The molecule has 0 amide bonds. The Hall–Kier alpha value is -5.46. The molecular formula is C42H24. The lowest BCUT2D eigenvalue weighted by molar-refractivity contribution is 1.72. The van der Waals surface area contributed by atoms with Crippen LogP contribution in [0.15, 0.2) is 146 Å². The average molecular weight is 529 g/mol. The van der Waals surface area contributed by atoms with E-state index in [4.69, 9.17) is 0 Å². The van der Waals surface area contributed by atoms with Crippen LogP contribution in [-0.4, -0.2) is 0 Å². The summed E-state index contributed by atoms with van der Waals surface area (Å²) < 4.78 is 0. The molecule has 0 atom stereocenters. The Kier molecular flexibility index (Phi) is 4.27. The van der Waals surface area contributed by atoms with Gasteiger partial charge in [-0.1, -0.05) is 115 Å². The van der Waals surface area contributed by atoms with Crippen LogP contribution in [0.5, 0.6) is 0 Å². The summed E-state index contributed by atoms with van der Waals surface area (Å²) in [5, 5.41) is 15.7. The minimum absolute atomic E-state index is 1.28. The zero-order valence-corrected chi connectivity index (χ0v) is 22.9. The third-order valence-corrected chi connectivity index (χ3v) is 9.52. The van der Waals surface area contributed by atoms with Crippen LogP contribution in [-0.2, 0) is 0 Å². The van der Waals surface area contributed by atoms with Crippen molar-refractivity contribution in [2.24, 2.45) is 0 Å². The van der Waals surface area contributed by atoms with Crippen LogP contribution in [0.3, 0.4) is 0 Å². The maximum Gasteiger partial charge on any atom is -0.00199 e. The molecule has 1 aliphatic carbocycles. The van der Waals surface area contributed by atoms with Gasteiger partial charge in [0, 0.05) is 0 Å². The van der Waals surface area contributed by atoms with Gasteiger partial charge in [-0.3, -0.25) is 0 Å². The van der Waals surface area contributed by atoms with Crippen LogP contribution in [0.4, 0.5) is 0 Å². The molecule has 192 valence electrons. The molecule has 0 aromatic heterocycles. The molecule has 0 fully saturated rings. The first-order valence-electron chi connectivity index (χ1n) is 14.7. The van der Waals surface area contributed by atoms with Crippen LogP contribution in [0, 0.1) is 0 Å². The number of hydrogen-bond acceptors (Lipinski definition) is 0. The minimum atomic E-state index is 1.28. The third-order valence-electron chi connectivity index (χ3n) is 9.52. The van der Waals surface area contributed by atoms with Crippen molar-refractivity contribution >= 4 is 64.6 Å². The monoisotopic (exact) mass is 528 g/mol. The summed E-state index contributed by atoms with van der Waals surface area (Å²) in [7, 11) is 0. The van der Waals surface area contributed by atoms with E-state index in [2.05, 4.69) is 146 Å². The fourth-order valence-corrected chi connectivity index (χ4v) is 7.68. The maximum atomic E-state index is 2.47. The van der Waals surface area contributed by atoms with Crippen LogP contribution in [0.2, 0.25) is 0 Å². The predicted molar refractivity (Wildman–Crippen MR) is 181 cm³/mol. The second kappa shape index (κ2) is 8.06. The summed E-state index contributed by atoms with van der Waals surface area (Å²) in [4.78, 5) is 0. The zero-order chi connectivity index (χ0) is 27.4. The first-order valence-corrected chi connectivity index (χ1v) is 14.7. The molecule has 0 heterocycles. The summed E-state index contributed by atoms with van der Waals surface area (Å²) >= 11 is 0. The van der Waals surface area contributed by atoms with E-state index < -0.39 is 0 Å². The Balaban J connectivity index is 1.37. The number of rotatable bonds is 1. The molecule has 9 aromatic rings. The van der Waals surface area contributed by atoms with E-state index in [1.54, 1.807) is 0 Å². The zero-order valence-electron chi connectivity index (χ0n) is 22.9. The highest BCUT2D eigenvalue weighted by Gasteiger charge is 2.24. The maximum absolute atomic E-state index is 2.47. The van der Waals surface area contributed by atoms with Crippen LogP contribution in [0.25, 0.3) is 98.0 Å². The molecular weight excluding hydrogens is 504 g/mol. The Bertz CT molecular complexity index is 2620. The van der Waals surface area contributed by atoms with E-state index in [0.717, 1.165) is 0 Å². The van der Waals surface area contributed by atoms with Crippen molar-refractivity contribution in [3.05, 3.63) is 146 Å². The van der Waals surface area contributed by atoms with Crippen LogP contribution < -0.4 is 0 Å². The number of benzene rings is 9. The van der Waals surface area contributed by atoms with Crippen molar-refractivity contribution in [1.82, 2.24) is 0 Å². The smallest absolute Gasteiger partial charge is 0.00199 e. The summed E-state index contributed by atoms with van der Waals surface area (Å²) in [5.74, 6) is 0. The Morgan fingerprint density at radius 1 is 0.214 bits per heavy atom. The second-order valence-corrected chi connectivity index (χ2v) is 11.7. The van der Waals surface area contributed by atoms with Gasteiger partial charge in [0.1, 0.15) is 0 Å². The van der Waals surface area contributed by atoms with E-state index >= 15 is 0 Å². The molecule has 42 heavy (non-hydrogen) atoms. The lowest BCUT2D eigenvalue weighted by Crippen LogP contribution is -1.89. The first-order chi connectivity index (χ1) is 20.8. The van der Waals surface area contributed by atoms with Gasteiger partial charge >= 0.3 is 0 Å². The number of hydrogen-bond donors (Lipinski definition) is 0. The summed E-state index contributed by atoms with van der Waals surface area (Å²) in [6.07, 6.45) is 0. The molecule has 0 aliphatic heterocycles. The fourth-order valence-electron chi connectivity index (χ4n) is 7.68. The number of fused-ring (bicyclic) bond motifs is 11. The second-order valence-electron chi connectivity index (χ2n) is 11.7. The molecule has 0 saturated carbocycles. The normalized spacial score (nSPS) is 12.3. The van der Waals surface area contributed by atoms with Gasteiger partial charge in [0.15, 0.2) is 0 Å².